The summed E-state index contributed by atoms with van der Waals surface area (Å²) >= 11 is 1.56. The number of rotatable bonds is 3. The molecule has 1 aliphatic rings. The van der Waals surface area contributed by atoms with Crippen molar-refractivity contribution < 1.29 is 9.53 Å². The van der Waals surface area contributed by atoms with Gasteiger partial charge in [0.2, 0.25) is 0 Å². The summed E-state index contributed by atoms with van der Waals surface area (Å²) in [6, 6.07) is 5.73. The fourth-order valence-electron chi connectivity index (χ4n) is 2.57. The second kappa shape index (κ2) is 4.89. The molecule has 5 nitrogen and oxygen atoms in total. The van der Waals surface area contributed by atoms with Crippen LogP contribution in [0.1, 0.15) is 21.6 Å². The van der Waals surface area contributed by atoms with E-state index in [0.29, 0.717) is 5.56 Å². The summed E-state index contributed by atoms with van der Waals surface area (Å²) < 4.78 is 7.31. The molecule has 0 radical (unpaired) electrons. The lowest BCUT2D eigenvalue weighted by atomic mass is 10.1. The Morgan fingerprint density at radius 2 is 2.43 bits per heavy atom. The number of hydrogen-bond donors (Lipinski definition) is 1. The highest BCUT2D eigenvalue weighted by Crippen LogP contribution is 2.27. The number of para-hydroxylation sites is 1. The Balaban J connectivity index is 1.51. The molecule has 6 heteroatoms. The number of benzene rings is 1. The number of fused-ring (bicyclic) bond motifs is 2. The number of hydrogen-bond acceptors (Lipinski definition) is 5. The number of carbonyl (C=O) groups excluding carboxylic acids is 1. The number of thiazole rings is 1. The summed E-state index contributed by atoms with van der Waals surface area (Å²) in [5, 5.41) is 5.22. The number of aromatic nitrogens is 2. The Labute approximate surface area is 125 Å². The first-order valence-corrected chi connectivity index (χ1v) is 7.63. The zero-order chi connectivity index (χ0) is 14.2. The van der Waals surface area contributed by atoms with Crippen LogP contribution in [0.15, 0.2) is 36.0 Å². The molecular weight excluding hydrogens is 286 g/mol. The van der Waals surface area contributed by atoms with Gasteiger partial charge in [-0.15, -0.1) is 11.3 Å². The highest BCUT2D eigenvalue weighted by atomic mass is 32.1. The van der Waals surface area contributed by atoms with Crippen LogP contribution in [0, 0.1) is 0 Å². The minimum absolute atomic E-state index is 0.191. The van der Waals surface area contributed by atoms with Gasteiger partial charge in [-0.25, -0.2) is 9.78 Å². The summed E-state index contributed by atoms with van der Waals surface area (Å²) in [5.74, 6) is -0.308. The molecule has 0 bridgehead atoms. The number of nitrogens with one attached hydrogen (secondary N) is 1. The molecule has 1 aliphatic heterocycles. The molecule has 2 aromatic heterocycles. The maximum absolute atomic E-state index is 12.2. The van der Waals surface area contributed by atoms with Gasteiger partial charge in [-0.3, -0.25) is 4.40 Å². The third-order valence-corrected chi connectivity index (χ3v) is 4.33. The monoisotopic (exact) mass is 299 g/mol. The van der Waals surface area contributed by atoms with E-state index in [-0.39, 0.29) is 12.6 Å². The summed E-state index contributed by atoms with van der Waals surface area (Å²) in [4.78, 5) is 17.5. The molecule has 4 rings (SSSR count). The van der Waals surface area contributed by atoms with E-state index in [1.807, 2.05) is 34.3 Å². The zero-order valence-electron chi connectivity index (χ0n) is 11.2. The van der Waals surface area contributed by atoms with Gasteiger partial charge in [-0.2, -0.15) is 0 Å². The van der Waals surface area contributed by atoms with E-state index in [1.54, 1.807) is 17.4 Å². The lowest BCUT2D eigenvalue weighted by Crippen LogP contribution is -2.08. The molecule has 1 aromatic carbocycles. The lowest BCUT2D eigenvalue weighted by Gasteiger charge is -2.08. The normalized spacial score (nSPS) is 13.1. The Morgan fingerprint density at radius 1 is 1.48 bits per heavy atom. The van der Waals surface area contributed by atoms with Crippen molar-refractivity contribution in [3.8, 4) is 0 Å². The van der Waals surface area contributed by atoms with Crippen molar-refractivity contribution in [2.75, 3.05) is 11.9 Å². The third kappa shape index (κ3) is 2.17. The molecule has 0 amide bonds. The number of esters is 1. The number of imidazole rings is 1. The molecule has 106 valence electrons. The molecule has 0 spiro atoms. The number of carbonyl (C=O) groups is 1. The average molecular weight is 299 g/mol. The van der Waals surface area contributed by atoms with Crippen molar-refractivity contribution in [1.82, 2.24) is 9.38 Å². The summed E-state index contributed by atoms with van der Waals surface area (Å²) in [7, 11) is 0. The van der Waals surface area contributed by atoms with E-state index in [4.69, 9.17) is 4.74 Å². The topological polar surface area (TPSA) is 55.6 Å². The van der Waals surface area contributed by atoms with Crippen LogP contribution in [0.4, 0.5) is 5.69 Å². The van der Waals surface area contributed by atoms with Crippen molar-refractivity contribution in [3.05, 3.63) is 52.8 Å². The van der Waals surface area contributed by atoms with E-state index >= 15 is 0 Å². The van der Waals surface area contributed by atoms with Gasteiger partial charge in [-0.05, 0) is 18.1 Å². The molecule has 0 unspecified atom stereocenters. The largest absolute Gasteiger partial charge is 0.455 e. The van der Waals surface area contributed by atoms with Crippen molar-refractivity contribution in [3.63, 3.8) is 0 Å². The second-order valence-corrected chi connectivity index (χ2v) is 5.79. The van der Waals surface area contributed by atoms with Crippen LogP contribution in [-0.4, -0.2) is 21.9 Å². The van der Waals surface area contributed by atoms with E-state index in [1.165, 1.54) is 5.56 Å². The van der Waals surface area contributed by atoms with Crippen molar-refractivity contribution in [2.24, 2.45) is 0 Å². The average Bonchev–Trinajstić information content (AvgIpc) is 3.18. The fraction of sp³-hybridized carbons (Fsp3) is 0.200. The third-order valence-electron chi connectivity index (χ3n) is 3.56. The zero-order valence-corrected chi connectivity index (χ0v) is 12.0. The van der Waals surface area contributed by atoms with Gasteiger partial charge in [0.25, 0.3) is 0 Å². The second-order valence-electron chi connectivity index (χ2n) is 4.92. The van der Waals surface area contributed by atoms with Crippen molar-refractivity contribution in [1.29, 1.82) is 0 Å². The maximum Gasteiger partial charge on any atom is 0.340 e. The van der Waals surface area contributed by atoms with Crippen LogP contribution in [0.25, 0.3) is 4.96 Å². The highest BCUT2D eigenvalue weighted by Gasteiger charge is 2.19. The van der Waals surface area contributed by atoms with Gasteiger partial charge < -0.3 is 10.1 Å². The Hall–Kier alpha value is -2.34. The maximum atomic E-state index is 12.2. The minimum Gasteiger partial charge on any atom is -0.455 e. The molecule has 21 heavy (non-hydrogen) atoms. The molecule has 0 aliphatic carbocycles. The van der Waals surface area contributed by atoms with Crippen LogP contribution in [-0.2, 0) is 17.8 Å². The molecule has 0 saturated carbocycles. The molecule has 3 heterocycles. The van der Waals surface area contributed by atoms with Gasteiger partial charge in [0.05, 0.1) is 16.9 Å². The van der Waals surface area contributed by atoms with Crippen LogP contribution in [0.5, 0.6) is 0 Å². The fourth-order valence-corrected chi connectivity index (χ4v) is 3.29. The quantitative estimate of drug-likeness (QED) is 0.756. The summed E-state index contributed by atoms with van der Waals surface area (Å²) in [6.45, 7) is 1.06. The lowest BCUT2D eigenvalue weighted by molar-refractivity contribution is 0.0469. The van der Waals surface area contributed by atoms with E-state index in [9.17, 15) is 4.79 Å². The summed E-state index contributed by atoms with van der Waals surface area (Å²) in [6.07, 6.45) is 4.77. The van der Waals surface area contributed by atoms with Gasteiger partial charge in [0, 0.05) is 24.3 Å². The van der Waals surface area contributed by atoms with Crippen molar-refractivity contribution >= 4 is 28.0 Å². The van der Waals surface area contributed by atoms with E-state index in [2.05, 4.69) is 10.3 Å². The van der Waals surface area contributed by atoms with E-state index in [0.717, 1.165) is 29.3 Å². The van der Waals surface area contributed by atoms with E-state index < -0.39 is 0 Å². The Morgan fingerprint density at radius 3 is 3.33 bits per heavy atom. The smallest absolute Gasteiger partial charge is 0.340 e. The first kappa shape index (κ1) is 12.4. The number of anilines is 1. The van der Waals surface area contributed by atoms with Gasteiger partial charge >= 0.3 is 5.97 Å². The van der Waals surface area contributed by atoms with Gasteiger partial charge in [0.1, 0.15) is 6.61 Å². The van der Waals surface area contributed by atoms with Crippen LogP contribution >= 0.6 is 11.3 Å². The molecule has 0 saturated heterocycles. The minimum atomic E-state index is -0.308. The molecule has 3 aromatic rings. The Bertz CT molecular complexity index is 793. The van der Waals surface area contributed by atoms with Crippen molar-refractivity contribution in [2.45, 2.75) is 13.0 Å². The predicted molar refractivity (Wildman–Crippen MR) is 80.8 cm³/mol. The molecule has 0 fully saturated rings. The van der Waals surface area contributed by atoms with Gasteiger partial charge in [0.15, 0.2) is 4.96 Å². The standard InChI is InChI=1S/C15H13N3O2S/c19-14(12-3-1-2-10-4-5-16-13(10)12)20-9-11-8-18-6-7-21-15(18)17-11/h1-3,6-8,16H,4-5,9H2. The first-order valence-electron chi connectivity index (χ1n) is 6.75. The van der Waals surface area contributed by atoms with Crippen LogP contribution in [0.2, 0.25) is 0 Å². The molecule has 0 atom stereocenters. The van der Waals surface area contributed by atoms with Crippen LogP contribution < -0.4 is 5.32 Å². The van der Waals surface area contributed by atoms with Gasteiger partial charge in [-0.1, -0.05) is 12.1 Å². The molecule has 1 N–H and O–H groups in total. The molecular formula is C15H13N3O2S. The predicted octanol–water partition coefficient (Wildman–Crippen LogP) is 2.72. The number of ether oxygens (including phenoxy) is 1. The Kier molecular flexibility index (Phi) is 2.89. The SMILES string of the molecule is O=C(OCc1cn2ccsc2n1)c1cccc2c1NCC2. The summed E-state index contributed by atoms with van der Waals surface area (Å²) in [5.41, 5.74) is 3.45. The van der Waals surface area contributed by atoms with Crippen LogP contribution in [0.3, 0.4) is 0 Å². The number of nitrogens with zero attached hydrogens (tertiary/aromatic N) is 2. The highest BCUT2D eigenvalue weighted by molar-refractivity contribution is 7.15. The first-order chi connectivity index (χ1) is 10.3.